The molecule has 0 saturated carbocycles. The predicted octanol–water partition coefficient (Wildman–Crippen LogP) is -2.13. The van der Waals surface area contributed by atoms with Gasteiger partial charge in [0.25, 0.3) is 0 Å². The number of aliphatic hydroxyl groups excluding tert-OH is 1. The summed E-state index contributed by atoms with van der Waals surface area (Å²) in [5, 5.41) is 9.14. The Morgan fingerprint density at radius 2 is 1.86 bits per heavy atom. The summed E-state index contributed by atoms with van der Waals surface area (Å²) < 4.78 is 30.5. The van der Waals surface area contributed by atoms with Gasteiger partial charge in [0.15, 0.2) is 0 Å². The predicted molar refractivity (Wildman–Crippen MR) is 49.3 cm³/mol. The number of rotatable bonds is 7. The zero-order chi connectivity index (χ0) is 10.3. The molecule has 0 fully saturated rings. The average molecular weight is 248 g/mol. The van der Waals surface area contributed by atoms with E-state index in [4.69, 9.17) is 5.11 Å². The second-order valence-electron chi connectivity index (χ2n) is 3.17. The maximum absolute atomic E-state index is 10.2. The molecule has 0 aromatic heterocycles. The van der Waals surface area contributed by atoms with E-state index >= 15 is 0 Å². The zero-order valence-electron chi connectivity index (χ0n) is 8.90. The van der Waals surface area contributed by atoms with Crippen LogP contribution < -0.4 is 51.4 Å². The van der Waals surface area contributed by atoms with Gasteiger partial charge in [-0.15, -0.1) is 0 Å². The molecular formula is C8H17KO4S. The molecule has 14 heavy (non-hydrogen) atoms. The van der Waals surface area contributed by atoms with E-state index in [2.05, 4.69) is 0 Å². The van der Waals surface area contributed by atoms with Crippen LogP contribution in [0.1, 0.15) is 39.0 Å². The summed E-state index contributed by atoms with van der Waals surface area (Å²) in [4.78, 5) is 0. The van der Waals surface area contributed by atoms with Crippen molar-refractivity contribution < 1.29 is 69.5 Å². The Morgan fingerprint density at radius 1 is 1.29 bits per heavy atom. The first-order valence-corrected chi connectivity index (χ1v) is 6.15. The average Bonchev–Trinajstić information content (AvgIpc) is 2.01. The monoisotopic (exact) mass is 248 g/mol. The van der Waals surface area contributed by atoms with Crippen LogP contribution in [0, 0.1) is 0 Å². The summed E-state index contributed by atoms with van der Waals surface area (Å²) in [6.07, 6.45) is 3.00. The molecule has 0 spiro atoms. The minimum Gasteiger partial charge on any atom is -0.748 e. The molecule has 1 atom stereocenters. The Morgan fingerprint density at radius 3 is 2.29 bits per heavy atom. The molecule has 0 rings (SSSR count). The van der Waals surface area contributed by atoms with Crippen molar-refractivity contribution in [2.24, 2.45) is 0 Å². The van der Waals surface area contributed by atoms with Gasteiger partial charge in [-0.3, -0.25) is 0 Å². The van der Waals surface area contributed by atoms with Gasteiger partial charge in [-0.05, 0) is 19.3 Å². The number of hydrogen-bond donors (Lipinski definition) is 1. The molecule has 0 aliphatic rings. The minimum atomic E-state index is -4.04. The van der Waals surface area contributed by atoms with Gasteiger partial charge in [0, 0.05) is 5.75 Å². The summed E-state index contributed by atoms with van der Waals surface area (Å²) in [6.45, 7) is 1.90. The molecule has 0 aromatic carbocycles. The molecule has 0 aliphatic carbocycles. The van der Waals surface area contributed by atoms with E-state index < -0.39 is 10.1 Å². The fourth-order valence-electron chi connectivity index (χ4n) is 1.04. The third-order valence-corrected chi connectivity index (χ3v) is 2.69. The van der Waals surface area contributed by atoms with Gasteiger partial charge in [0.05, 0.1) is 16.2 Å². The van der Waals surface area contributed by atoms with E-state index in [-0.39, 0.29) is 63.2 Å². The smallest absolute Gasteiger partial charge is 0.748 e. The Balaban J connectivity index is 0. The molecule has 0 amide bonds. The van der Waals surface area contributed by atoms with Gasteiger partial charge in [0.2, 0.25) is 0 Å². The van der Waals surface area contributed by atoms with Crippen molar-refractivity contribution in [3.05, 3.63) is 0 Å². The van der Waals surface area contributed by atoms with Crippen molar-refractivity contribution in [2.75, 3.05) is 5.75 Å². The Kier molecular flexibility index (Phi) is 12.4. The fraction of sp³-hybridized carbons (Fsp3) is 1.00. The van der Waals surface area contributed by atoms with Gasteiger partial charge in [-0.2, -0.15) is 0 Å². The van der Waals surface area contributed by atoms with Crippen LogP contribution in [0.3, 0.4) is 0 Å². The molecule has 1 unspecified atom stereocenters. The van der Waals surface area contributed by atoms with Crippen molar-refractivity contribution in [3.63, 3.8) is 0 Å². The first kappa shape index (κ1) is 17.9. The summed E-state index contributed by atoms with van der Waals surface area (Å²) in [5.74, 6) is -0.283. The van der Waals surface area contributed by atoms with E-state index in [1.165, 1.54) is 0 Å². The second-order valence-corrected chi connectivity index (χ2v) is 4.70. The van der Waals surface area contributed by atoms with Crippen LogP contribution in [0.5, 0.6) is 0 Å². The van der Waals surface area contributed by atoms with Crippen molar-refractivity contribution in [1.29, 1.82) is 0 Å². The van der Waals surface area contributed by atoms with E-state index in [1.807, 2.05) is 6.92 Å². The van der Waals surface area contributed by atoms with Gasteiger partial charge in [-0.25, -0.2) is 8.42 Å². The molecule has 0 aromatic rings. The van der Waals surface area contributed by atoms with Crippen LogP contribution in [0.25, 0.3) is 0 Å². The minimum absolute atomic E-state index is 0. The first-order chi connectivity index (χ1) is 5.95. The SMILES string of the molecule is CCC(O)CCCCCS(=O)(=O)[O-].[K+]. The third-order valence-electron chi connectivity index (χ3n) is 1.90. The third kappa shape index (κ3) is 13.5. The van der Waals surface area contributed by atoms with Crippen LogP contribution in [0.15, 0.2) is 0 Å². The van der Waals surface area contributed by atoms with Crippen LogP contribution in [0.2, 0.25) is 0 Å². The molecule has 4 nitrogen and oxygen atoms in total. The Labute approximate surface area is 129 Å². The zero-order valence-corrected chi connectivity index (χ0v) is 12.8. The summed E-state index contributed by atoms with van der Waals surface area (Å²) >= 11 is 0. The Hall–Kier alpha value is 1.51. The molecule has 1 N–H and O–H groups in total. The second kappa shape index (κ2) is 9.71. The summed E-state index contributed by atoms with van der Waals surface area (Å²) in [7, 11) is -4.04. The van der Waals surface area contributed by atoms with E-state index in [1.54, 1.807) is 0 Å². The maximum Gasteiger partial charge on any atom is 1.00 e. The molecule has 0 saturated heterocycles. The normalized spacial score (nSPS) is 13.4. The van der Waals surface area contributed by atoms with Crippen LogP contribution in [-0.4, -0.2) is 29.9 Å². The van der Waals surface area contributed by atoms with Crippen LogP contribution in [-0.2, 0) is 10.1 Å². The molecular weight excluding hydrogens is 231 g/mol. The van der Waals surface area contributed by atoms with E-state index in [0.29, 0.717) is 19.3 Å². The molecule has 0 bridgehead atoms. The molecule has 0 radical (unpaired) electrons. The Bertz CT molecular complexity index is 215. The van der Waals surface area contributed by atoms with Crippen molar-refractivity contribution >= 4 is 10.1 Å². The summed E-state index contributed by atoms with van der Waals surface area (Å²) in [5.41, 5.74) is 0. The van der Waals surface area contributed by atoms with Gasteiger partial charge in [-0.1, -0.05) is 19.8 Å². The van der Waals surface area contributed by atoms with Crippen molar-refractivity contribution in [3.8, 4) is 0 Å². The van der Waals surface area contributed by atoms with Crippen molar-refractivity contribution in [1.82, 2.24) is 0 Å². The van der Waals surface area contributed by atoms with Gasteiger partial charge < -0.3 is 9.66 Å². The number of unbranched alkanes of at least 4 members (excludes halogenated alkanes) is 2. The first-order valence-electron chi connectivity index (χ1n) is 4.57. The molecule has 0 heterocycles. The maximum atomic E-state index is 10.2. The topological polar surface area (TPSA) is 77.4 Å². The van der Waals surface area contributed by atoms with Gasteiger partial charge >= 0.3 is 51.4 Å². The van der Waals surface area contributed by atoms with Crippen LogP contribution in [0.4, 0.5) is 0 Å². The van der Waals surface area contributed by atoms with Gasteiger partial charge in [0.1, 0.15) is 0 Å². The summed E-state index contributed by atoms with van der Waals surface area (Å²) in [6, 6.07) is 0. The number of aliphatic hydroxyl groups is 1. The molecule has 6 heteroatoms. The van der Waals surface area contributed by atoms with E-state index in [0.717, 1.165) is 12.8 Å². The number of hydrogen-bond acceptors (Lipinski definition) is 4. The van der Waals surface area contributed by atoms with Crippen LogP contribution >= 0.6 is 0 Å². The quantitative estimate of drug-likeness (QED) is 0.317. The standard InChI is InChI=1S/C8H18O4S.K/c1-2-8(9)6-4-3-5-7-13(10,11)12;/h8-9H,2-7H2,1H3,(H,10,11,12);/q;+1/p-1. The molecule has 0 aliphatic heterocycles. The van der Waals surface area contributed by atoms with E-state index in [9.17, 15) is 13.0 Å². The fourth-order valence-corrected chi connectivity index (χ4v) is 1.60. The van der Waals surface area contributed by atoms with Crippen molar-refractivity contribution in [2.45, 2.75) is 45.1 Å². The largest absolute Gasteiger partial charge is 1.00 e. The molecule has 80 valence electrons.